The molecule has 0 bridgehead atoms. The van der Waals surface area contributed by atoms with E-state index < -0.39 is 0 Å². The van der Waals surface area contributed by atoms with E-state index in [0.717, 1.165) is 36.8 Å². The number of rotatable bonds is 5. The fourth-order valence-electron chi connectivity index (χ4n) is 4.00. The van der Waals surface area contributed by atoms with Crippen molar-refractivity contribution < 1.29 is 0 Å². The van der Waals surface area contributed by atoms with Gasteiger partial charge in [-0.25, -0.2) is 4.68 Å². The van der Waals surface area contributed by atoms with Gasteiger partial charge in [-0.3, -0.25) is 9.78 Å². The molecule has 3 heterocycles. The molecule has 5 heteroatoms. The summed E-state index contributed by atoms with van der Waals surface area (Å²) in [5, 5.41) is 4.55. The SMILES string of the molecule is O=c1ccc(-c2ccncc2)nn1CC1CN(CC2CCCC2)C1. The monoisotopic (exact) mass is 324 g/mol. The molecule has 1 aliphatic heterocycles. The minimum absolute atomic E-state index is 0.0120. The molecule has 1 saturated carbocycles. The third-order valence-corrected chi connectivity index (χ3v) is 5.30. The maximum Gasteiger partial charge on any atom is 0.266 e. The Morgan fingerprint density at radius 1 is 0.958 bits per heavy atom. The minimum atomic E-state index is -0.0120. The molecule has 4 rings (SSSR count). The molecule has 126 valence electrons. The molecular formula is C19H24N4O. The lowest BCUT2D eigenvalue weighted by molar-refractivity contribution is 0.0683. The summed E-state index contributed by atoms with van der Waals surface area (Å²) in [6.45, 7) is 4.17. The summed E-state index contributed by atoms with van der Waals surface area (Å²) in [5.74, 6) is 1.45. The Morgan fingerprint density at radius 2 is 1.71 bits per heavy atom. The normalized spacial score (nSPS) is 19.5. The first-order chi connectivity index (χ1) is 11.8. The van der Waals surface area contributed by atoms with Gasteiger partial charge in [0.2, 0.25) is 0 Å². The smallest absolute Gasteiger partial charge is 0.266 e. The Morgan fingerprint density at radius 3 is 2.46 bits per heavy atom. The number of aromatic nitrogens is 3. The van der Waals surface area contributed by atoms with Crippen LogP contribution in [0.15, 0.2) is 41.5 Å². The molecule has 2 aliphatic rings. The van der Waals surface area contributed by atoms with Gasteiger partial charge in [0.25, 0.3) is 5.56 Å². The summed E-state index contributed by atoms with van der Waals surface area (Å²) in [7, 11) is 0. The predicted molar refractivity (Wildman–Crippen MR) is 93.6 cm³/mol. The molecule has 0 atom stereocenters. The molecule has 0 spiro atoms. The van der Waals surface area contributed by atoms with Crippen molar-refractivity contribution in [1.29, 1.82) is 0 Å². The third kappa shape index (κ3) is 3.41. The number of hydrogen-bond acceptors (Lipinski definition) is 4. The molecule has 5 nitrogen and oxygen atoms in total. The summed E-state index contributed by atoms with van der Waals surface area (Å²) in [6, 6.07) is 7.26. The van der Waals surface area contributed by atoms with Gasteiger partial charge in [0.15, 0.2) is 0 Å². The van der Waals surface area contributed by atoms with Gasteiger partial charge in [0.05, 0.1) is 12.2 Å². The van der Waals surface area contributed by atoms with Crippen LogP contribution in [0.1, 0.15) is 25.7 Å². The fraction of sp³-hybridized carbons (Fsp3) is 0.526. The molecule has 0 radical (unpaired) electrons. The standard InChI is InChI=1S/C19H24N4O/c24-19-6-5-18(17-7-9-20-10-8-17)21-23(19)14-16-12-22(13-16)11-15-3-1-2-4-15/h5-10,15-16H,1-4,11-14H2. The third-order valence-electron chi connectivity index (χ3n) is 5.30. The maximum atomic E-state index is 12.1. The van der Waals surface area contributed by atoms with E-state index in [1.807, 2.05) is 12.1 Å². The highest BCUT2D eigenvalue weighted by Crippen LogP contribution is 2.28. The summed E-state index contributed by atoms with van der Waals surface area (Å²) in [5.41, 5.74) is 1.82. The van der Waals surface area contributed by atoms with Crippen molar-refractivity contribution in [3.8, 4) is 11.3 Å². The molecule has 0 amide bonds. The van der Waals surface area contributed by atoms with Crippen LogP contribution in [0.5, 0.6) is 0 Å². The number of pyridine rings is 1. The Bertz CT molecular complexity index is 731. The van der Waals surface area contributed by atoms with Crippen molar-refractivity contribution in [3.05, 3.63) is 47.0 Å². The molecule has 2 aromatic rings. The summed E-state index contributed by atoms with van der Waals surface area (Å²) in [6.07, 6.45) is 9.11. The average molecular weight is 324 g/mol. The van der Waals surface area contributed by atoms with Gasteiger partial charge < -0.3 is 4.90 Å². The molecule has 0 aromatic carbocycles. The van der Waals surface area contributed by atoms with E-state index in [2.05, 4.69) is 15.0 Å². The Labute approximate surface area is 142 Å². The van der Waals surface area contributed by atoms with Crippen LogP contribution in [0.25, 0.3) is 11.3 Å². The fourth-order valence-corrected chi connectivity index (χ4v) is 4.00. The predicted octanol–water partition coefficient (Wildman–Crippen LogP) is 2.43. The summed E-state index contributed by atoms with van der Waals surface area (Å²) >= 11 is 0. The lowest BCUT2D eigenvalue weighted by Crippen LogP contribution is -2.50. The quantitative estimate of drug-likeness (QED) is 0.847. The van der Waals surface area contributed by atoms with Crippen molar-refractivity contribution in [2.75, 3.05) is 19.6 Å². The highest BCUT2D eigenvalue weighted by Gasteiger charge is 2.30. The summed E-state index contributed by atoms with van der Waals surface area (Å²) in [4.78, 5) is 18.7. The summed E-state index contributed by atoms with van der Waals surface area (Å²) < 4.78 is 1.63. The first-order valence-corrected chi connectivity index (χ1v) is 8.99. The van der Waals surface area contributed by atoms with Gasteiger partial charge in [-0.1, -0.05) is 12.8 Å². The van der Waals surface area contributed by atoms with Crippen molar-refractivity contribution in [2.45, 2.75) is 32.2 Å². The van der Waals surface area contributed by atoms with E-state index in [9.17, 15) is 4.79 Å². The van der Waals surface area contributed by atoms with E-state index in [1.54, 1.807) is 29.2 Å². The highest BCUT2D eigenvalue weighted by molar-refractivity contribution is 5.56. The van der Waals surface area contributed by atoms with Gasteiger partial charge in [-0.2, -0.15) is 5.10 Å². The van der Waals surface area contributed by atoms with Crippen LogP contribution in [0.3, 0.4) is 0 Å². The van der Waals surface area contributed by atoms with Crippen LogP contribution in [-0.4, -0.2) is 39.3 Å². The maximum absolute atomic E-state index is 12.1. The Kier molecular flexibility index (Phi) is 4.43. The van der Waals surface area contributed by atoms with Crippen molar-refractivity contribution >= 4 is 0 Å². The van der Waals surface area contributed by atoms with Crippen LogP contribution in [0.4, 0.5) is 0 Å². The second kappa shape index (κ2) is 6.85. The lowest BCUT2D eigenvalue weighted by atomic mass is 9.97. The zero-order valence-electron chi connectivity index (χ0n) is 14.0. The number of hydrogen-bond donors (Lipinski definition) is 0. The molecule has 2 fully saturated rings. The van der Waals surface area contributed by atoms with Gasteiger partial charge in [-0.15, -0.1) is 0 Å². The Balaban J connectivity index is 1.38. The van der Waals surface area contributed by atoms with E-state index in [0.29, 0.717) is 5.92 Å². The molecule has 2 aromatic heterocycles. The zero-order chi connectivity index (χ0) is 16.4. The van der Waals surface area contributed by atoms with E-state index >= 15 is 0 Å². The average Bonchev–Trinajstić information content (AvgIpc) is 3.08. The van der Waals surface area contributed by atoms with Crippen molar-refractivity contribution in [1.82, 2.24) is 19.7 Å². The highest BCUT2D eigenvalue weighted by atomic mass is 16.1. The Hall–Kier alpha value is -2.01. The van der Waals surface area contributed by atoms with Crippen molar-refractivity contribution in [2.24, 2.45) is 11.8 Å². The zero-order valence-corrected chi connectivity index (χ0v) is 14.0. The van der Waals surface area contributed by atoms with Crippen LogP contribution in [0, 0.1) is 11.8 Å². The topological polar surface area (TPSA) is 51.0 Å². The van der Waals surface area contributed by atoms with Gasteiger partial charge in [0, 0.05) is 49.6 Å². The molecule has 1 saturated heterocycles. The largest absolute Gasteiger partial charge is 0.302 e. The molecule has 0 N–H and O–H groups in total. The molecule has 0 unspecified atom stereocenters. The van der Waals surface area contributed by atoms with Crippen molar-refractivity contribution in [3.63, 3.8) is 0 Å². The molecule has 1 aliphatic carbocycles. The second-order valence-electron chi connectivity index (χ2n) is 7.21. The molecule has 24 heavy (non-hydrogen) atoms. The van der Waals surface area contributed by atoms with Crippen LogP contribution in [0.2, 0.25) is 0 Å². The first kappa shape index (κ1) is 15.5. The van der Waals surface area contributed by atoms with Gasteiger partial charge in [0.1, 0.15) is 0 Å². The number of likely N-dealkylation sites (tertiary alicyclic amines) is 1. The van der Waals surface area contributed by atoms with Crippen LogP contribution < -0.4 is 5.56 Å². The van der Waals surface area contributed by atoms with Crippen LogP contribution >= 0.6 is 0 Å². The number of nitrogens with zero attached hydrogens (tertiary/aromatic N) is 4. The molecular weight excluding hydrogens is 300 g/mol. The van der Waals surface area contributed by atoms with E-state index in [4.69, 9.17) is 0 Å². The van der Waals surface area contributed by atoms with E-state index in [-0.39, 0.29) is 5.56 Å². The minimum Gasteiger partial charge on any atom is -0.302 e. The first-order valence-electron chi connectivity index (χ1n) is 8.99. The van der Waals surface area contributed by atoms with Crippen LogP contribution in [-0.2, 0) is 6.54 Å². The van der Waals surface area contributed by atoms with E-state index in [1.165, 1.54) is 32.2 Å². The van der Waals surface area contributed by atoms with Gasteiger partial charge >= 0.3 is 0 Å². The lowest BCUT2D eigenvalue weighted by Gasteiger charge is -2.40. The van der Waals surface area contributed by atoms with Gasteiger partial charge in [-0.05, 0) is 37.0 Å². The second-order valence-corrected chi connectivity index (χ2v) is 7.21.